The molecule has 0 radical (unpaired) electrons. The molecule has 0 aromatic heterocycles. The van der Waals surface area contributed by atoms with Gasteiger partial charge in [-0.05, 0) is 38.0 Å². The van der Waals surface area contributed by atoms with Gasteiger partial charge in [0.15, 0.2) is 6.10 Å². The van der Waals surface area contributed by atoms with Crippen molar-refractivity contribution in [2.45, 2.75) is 31.8 Å². The number of ether oxygens (including phenoxy) is 2. The molecule has 0 saturated heterocycles. The molecular formula is C15H20N2O7S. The van der Waals surface area contributed by atoms with Gasteiger partial charge in [-0.25, -0.2) is 13.2 Å². The van der Waals surface area contributed by atoms with E-state index in [9.17, 15) is 22.8 Å². The molecule has 0 spiro atoms. The number of hydrogen-bond donors (Lipinski definition) is 2. The minimum Gasteiger partial charge on any atom is -0.453 e. The number of esters is 1. The van der Waals surface area contributed by atoms with Gasteiger partial charge in [-0.3, -0.25) is 14.9 Å². The summed E-state index contributed by atoms with van der Waals surface area (Å²) in [5.41, 5.74) is 1.28. The third-order valence-electron chi connectivity index (χ3n) is 3.13. The first kappa shape index (κ1) is 20.6. The van der Waals surface area contributed by atoms with Gasteiger partial charge in [-0.2, -0.15) is 4.72 Å². The van der Waals surface area contributed by atoms with Crippen LogP contribution >= 0.6 is 0 Å². The summed E-state index contributed by atoms with van der Waals surface area (Å²) in [5.74, 6) is -1.86. The second kappa shape index (κ2) is 8.58. The van der Waals surface area contributed by atoms with Crippen LogP contribution in [-0.4, -0.2) is 46.1 Å². The number of sulfonamides is 1. The molecule has 2 N–H and O–H groups in total. The molecular weight excluding hydrogens is 352 g/mol. The Hall–Kier alpha value is -2.46. The third kappa shape index (κ3) is 6.16. The molecule has 0 aliphatic carbocycles. The molecule has 1 atom stereocenters. The molecule has 10 heteroatoms. The van der Waals surface area contributed by atoms with Crippen LogP contribution in [0.5, 0.6) is 0 Å². The lowest BCUT2D eigenvalue weighted by atomic mass is 10.2. The molecule has 2 amide bonds. The topological polar surface area (TPSA) is 128 Å². The highest BCUT2D eigenvalue weighted by Gasteiger charge is 2.22. The quantitative estimate of drug-likeness (QED) is 0.692. The van der Waals surface area contributed by atoms with Crippen molar-refractivity contribution in [2.24, 2.45) is 0 Å². The predicted molar refractivity (Wildman–Crippen MR) is 87.2 cm³/mol. The van der Waals surface area contributed by atoms with E-state index in [1.807, 2.05) is 5.32 Å². The minimum absolute atomic E-state index is 0.0526. The molecule has 9 nitrogen and oxygen atoms in total. The molecule has 1 rings (SSSR count). The number of imide groups is 1. The number of nitrogens with one attached hydrogen (secondary N) is 2. The lowest BCUT2D eigenvalue weighted by Gasteiger charge is -2.13. The van der Waals surface area contributed by atoms with Gasteiger partial charge >= 0.3 is 12.1 Å². The van der Waals surface area contributed by atoms with Gasteiger partial charge < -0.3 is 9.47 Å². The summed E-state index contributed by atoms with van der Waals surface area (Å²) in [6.07, 6.45) is -2.29. The van der Waals surface area contributed by atoms with E-state index in [1.165, 1.54) is 13.0 Å². The maximum atomic E-state index is 12.3. The van der Waals surface area contributed by atoms with Gasteiger partial charge in [0.2, 0.25) is 10.0 Å². The van der Waals surface area contributed by atoms with Crippen molar-refractivity contribution in [3.05, 3.63) is 29.3 Å². The predicted octanol–water partition coefficient (Wildman–Crippen LogP) is 0.396. The number of rotatable bonds is 6. The summed E-state index contributed by atoms with van der Waals surface area (Å²) in [7, 11) is -2.84. The highest BCUT2D eigenvalue weighted by Crippen LogP contribution is 2.16. The maximum absolute atomic E-state index is 12.3. The van der Waals surface area contributed by atoms with E-state index >= 15 is 0 Å². The van der Waals surface area contributed by atoms with Gasteiger partial charge in [0, 0.05) is 0 Å². The first-order valence-corrected chi connectivity index (χ1v) is 8.70. The molecule has 0 saturated carbocycles. The zero-order valence-corrected chi connectivity index (χ0v) is 15.1. The maximum Gasteiger partial charge on any atom is 0.413 e. The number of hydrogen-bond acceptors (Lipinski definition) is 7. The summed E-state index contributed by atoms with van der Waals surface area (Å²) < 4.78 is 35.6. The Balaban J connectivity index is 2.65. The first-order valence-electron chi connectivity index (χ1n) is 7.22. The number of carbonyl (C=O) groups is 3. The number of benzene rings is 1. The average Bonchev–Trinajstić information content (AvgIpc) is 2.54. The Bertz CT molecular complexity index is 774. The molecule has 0 fully saturated rings. The van der Waals surface area contributed by atoms with Crippen LogP contribution in [0, 0.1) is 13.8 Å². The van der Waals surface area contributed by atoms with E-state index < -0.39 is 40.6 Å². The van der Waals surface area contributed by atoms with Gasteiger partial charge in [-0.15, -0.1) is 0 Å². The SMILES string of the molecule is COC(=O)NC(=O)[C@H](C)OC(=O)CNS(=O)(=O)c1cc(C)ccc1C. The lowest BCUT2D eigenvalue weighted by molar-refractivity contribution is -0.153. The number of methoxy groups -OCH3 is 1. The van der Waals surface area contributed by atoms with Crippen molar-refractivity contribution in [1.82, 2.24) is 10.0 Å². The highest BCUT2D eigenvalue weighted by atomic mass is 32.2. The van der Waals surface area contributed by atoms with E-state index in [1.54, 1.807) is 26.0 Å². The zero-order valence-electron chi connectivity index (χ0n) is 14.3. The Kier molecular flexibility index (Phi) is 7.07. The fraction of sp³-hybridized carbons (Fsp3) is 0.400. The second-order valence-corrected chi connectivity index (χ2v) is 6.94. The molecule has 0 aliphatic rings. The van der Waals surface area contributed by atoms with E-state index in [0.29, 0.717) is 5.56 Å². The Morgan fingerprint density at radius 1 is 1.20 bits per heavy atom. The minimum atomic E-state index is -3.91. The van der Waals surface area contributed by atoms with E-state index in [-0.39, 0.29) is 4.90 Å². The summed E-state index contributed by atoms with van der Waals surface area (Å²) in [6.45, 7) is 3.95. The van der Waals surface area contributed by atoms with Crippen molar-refractivity contribution < 1.29 is 32.3 Å². The molecule has 1 aromatic rings. The molecule has 138 valence electrons. The molecule has 1 aromatic carbocycles. The summed E-state index contributed by atoms with van der Waals surface area (Å²) in [6, 6.07) is 4.90. The van der Waals surface area contributed by atoms with Crippen LogP contribution in [0.15, 0.2) is 23.1 Å². The van der Waals surface area contributed by atoms with E-state index in [2.05, 4.69) is 9.46 Å². The van der Waals surface area contributed by atoms with Gasteiger partial charge in [0.1, 0.15) is 6.54 Å². The molecule has 0 bridgehead atoms. The van der Waals surface area contributed by atoms with Crippen molar-refractivity contribution in [3.8, 4) is 0 Å². The number of aryl methyl sites for hydroxylation is 2. The van der Waals surface area contributed by atoms with Gasteiger partial charge in [0.05, 0.1) is 12.0 Å². The summed E-state index contributed by atoms with van der Waals surface area (Å²) >= 11 is 0. The van der Waals surface area contributed by atoms with Crippen LogP contribution in [0.3, 0.4) is 0 Å². The average molecular weight is 372 g/mol. The standard InChI is InChI=1S/C15H20N2O7S/c1-9-5-6-10(2)12(7-9)25(21,22)16-8-13(18)24-11(3)14(19)17-15(20)23-4/h5-7,11,16H,8H2,1-4H3,(H,17,19,20)/t11-/m0/s1. The molecule has 25 heavy (non-hydrogen) atoms. The normalized spacial score (nSPS) is 12.2. The number of amides is 2. The summed E-state index contributed by atoms with van der Waals surface area (Å²) in [4.78, 5) is 34.2. The summed E-state index contributed by atoms with van der Waals surface area (Å²) in [5, 5.41) is 1.83. The smallest absolute Gasteiger partial charge is 0.413 e. The van der Waals surface area contributed by atoms with Gasteiger partial charge in [-0.1, -0.05) is 12.1 Å². The largest absolute Gasteiger partial charge is 0.453 e. The van der Waals surface area contributed by atoms with Crippen LogP contribution in [0.1, 0.15) is 18.1 Å². The Morgan fingerprint density at radius 2 is 1.84 bits per heavy atom. The van der Waals surface area contributed by atoms with Crippen LogP contribution in [0.25, 0.3) is 0 Å². The Morgan fingerprint density at radius 3 is 2.44 bits per heavy atom. The fourth-order valence-electron chi connectivity index (χ4n) is 1.77. The van der Waals surface area contributed by atoms with E-state index in [4.69, 9.17) is 4.74 Å². The molecule has 0 heterocycles. The van der Waals surface area contributed by atoms with Gasteiger partial charge in [0.25, 0.3) is 5.91 Å². The Labute approximate surface area is 145 Å². The fourth-order valence-corrected chi connectivity index (χ4v) is 3.07. The highest BCUT2D eigenvalue weighted by molar-refractivity contribution is 7.89. The van der Waals surface area contributed by atoms with E-state index in [0.717, 1.165) is 12.7 Å². The van der Waals surface area contributed by atoms with Crippen LogP contribution in [0.2, 0.25) is 0 Å². The van der Waals surface area contributed by atoms with Crippen molar-refractivity contribution in [1.29, 1.82) is 0 Å². The van der Waals surface area contributed by atoms with Crippen LogP contribution in [-0.2, 0) is 29.1 Å². The third-order valence-corrected chi connectivity index (χ3v) is 4.67. The number of alkyl carbamates (subject to hydrolysis) is 1. The first-order chi connectivity index (χ1) is 11.6. The lowest BCUT2D eigenvalue weighted by Crippen LogP contribution is -2.41. The molecule has 0 unspecified atom stereocenters. The van der Waals surface area contributed by atoms with Crippen LogP contribution < -0.4 is 10.0 Å². The number of carbonyl (C=O) groups excluding carboxylic acids is 3. The van der Waals surface area contributed by atoms with Crippen molar-refractivity contribution in [2.75, 3.05) is 13.7 Å². The second-order valence-electron chi connectivity index (χ2n) is 5.21. The van der Waals surface area contributed by atoms with Crippen LogP contribution in [0.4, 0.5) is 4.79 Å². The zero-order chi connectivity index (χ0) is 19.2. The van der Waals surface area contributed by atoms with Crippen molar-refractivity contribution >= 4 is 28.0 Å². The molecule has 0 aliphatic heterocycles. The van der Waals surface area contributed by atoms with Crippen molar-refractivity contribution in [3.63, 3.8) is 0 Å². The monoisotopic (exact) mass is 372 g/mol.